The highest BCUT2D eigenvalue weighted by molar-refractivity contribution is 9.10. The van der Waals surface area contributed by atoms with E-state index >= 15 is 0 Å². The van der Waals surface area contributed by atoms with Crippen LogP contribution in [0.2, 0.25) is 0 Å². The molecule has 3 aromatic rings. The lowest BCUT2D eigenvalue weighted by Crippen LogP contribution is -1.96. The third kappa shape index (κ3) is 2.89. The summed E-state index contributed by atoms with van der Waals surface area (Å²) >= 11 is 3.24. The van der Waals surface area contributed by atoms with Crippen molar-refractivity contribution in [3.8, 4) is 22.8 Å². The van der Waals surface area contributed by atoms with Crippen LogP contribution < -0.4 is 0 Å². The number of carbonyl (C=O) groups is 1. The average molecular weight is 363 g/mol. The predicted octanol–water partition coefficient (Wildman–Crippen LogP) is 4.00. The molecule has 0 atom stereocenters. The molecule has 0 unspecified atom stereocenters. The Morgan fingerprint density at radius 2 is 1.86 bits per heavy atom. The molecule has 1 N–H and O–H groups in total. The number of carboxylic acid groups (broad SMARTS) is 1. The van der Waals surface area contributed by atoms with Gasteiger partial charge in [-0.2, -0.15) is 4.98 Å². The number of aromatic nitrogens is 2. The fourth-order valence-electron chi connectivity index (χ4n) is 1.89. The minimum Gasteiger partial charge on any atom is -0.478 e. The van der Waals surface area contributed by atoms with E-state index in [9.17, 15) is 9.18 Å². The molecule has 0 amide bonds. The van der Waals surface area contributed by atoms with Crippen LogP contribution >= 0.6 is 15.9 Å². The molecule has 110 valence electrons. The van der Waals surface area contributed by atoms with Crippen LogP contribution in [-0.2, 0) is 0 Å². The number of rotatable bonds is 3. The van der Waals surface area contributed by atoms with E-state index in [-0.39, 0.29) is 17.3 Å². The molecule has 1 aromatic heterocycles. The van der Waals surface area contributed by atoms with Gasteiger partial charge in [0.05, 0.1) is 5.56 Å². The van der Waals surface area contributed by atoms with E-state index in [4.69, 9.17) is 9.63 Å². The summed E-state index contributed by atoms with van der Waals surface area (Å²) in [6.45, 7) is 0. The Kier molecular flexibility index (Phi) is 3.72. The van der Waals surface area contributed by atoms with Gasteiger partial charge in [0.1, 0.15) is 5.82 Å². The van der Waals surface area contributed by atoms with Crippen LogP contribution in [0, 0.1) is 5.82 Å². The van der Waals surface area contributed by atoms with Crippen molar-refractivity contribution in [3.05, 3.63) is 58.3 Å². The van der Waals surface area contributed by atoms with Crippen molar-refractivity contribution in [2.24, 2.45) is 0 Å². The molecule has 0 aliphatic rings. The minimum atomic E-state index is -1.05. The van der Waals surface area contributed by atoms with Gasteiger partial charge in [0.25, 0.3) is 5.89 Å². The molecule has 0 radical (unpaired) electrons. The van der Waals surface area contributed by atoms with Crippen LogP contribution in [0.1, 0.15) is 10.4 Å². The molecule has 0 bridgehead atoms. The Hall–Kier alpha value is -2.54. The Morgan fingerprint density at radius 1 is 1.14 bits per heavy atom. The third-order valence-electron chi connectivity index (χ3n) is 2.92. The molecule has 0 saturated carbocycles. The highest BCUT2D eigenvalue weighted by Gasteiger charge is 2.14. The summed E-state index contributed by atoms with van der Waals surface area (Å²) in [5.74, 6) is -0.929. The van der Waals surface area contributed by atoms with Crippen LogP contribution in [0.15, 0.2) is 51.5 Å². The van der Waals surface area contributed by atoms with Crippen molar-refractivity contribution in [2.75, 3.05) is 0 Å². The molecular weight excluding hydrogens is 355 g/mol. The first-order valence-electron chi connectivity index (χ1n) is 6.17. The highest BCUT2D eigenvalue weighted by atomic mass is 79.9. The maximum Gasteiger partial charge on any atom is 0.335 e. The molecule has 0 aliphatic carbocycles. The topological polar surface area (TPSA) is 76.2 Å². The maximum atomic E-state index is 12.9. The van der Waals surface area contributed by atoms with Crippen molar-refractivity contribution in [1.82, 2.24) is 10.1 Å². The summed E-state index contributed by atoms with van der Waals surface area (Å²) in [4.78, 5) is 15.3. The van der Waals surface area contributed by atoms with Crippen LogP contribution in [-0.4, -0.2) is 21.2 Å². The van der Waals surface area contributed by atoms with Crippen LogP contribution in [0.4, 0.5) is 4.39 Å². The first-order valence-corrected chi connectivity index (χ1v) is 6.96. The lowest BCUT2D eigenvalue weighted by molar-refractivity contribution is 0.0697. The van der Waals surface area contributed by atoms with Crippen molar-refractivity contribution in [2.45, 2.75) is 0 Å². The van der Waals surface area contributed by atoms with Gasteiger partial charge < -0.3 is 9.63 Å². The third-order valence-corrected chi connectivity index (χ3v) is 3.38. The Labute approximate surface area is 132 Å². The number of nitrogens with zero attached hydrogens (tertiary/aromatic N) is 2. The summed E-state index contributed by atoms with van der Waals surface area (Å²) in [6.07, 6.45) is 0. The largest absolute Gasteiger partial charge is 0.478 e. The zero-order chi connectivity index (χ0) is 15.7. The lowest BCUT2D eigenvalue weighted by Gasteiger charge is -1.99. The first kappa shape index (κ1) is 14.4. The molecule has 0 fully saturated rings. The molecule has 2 aromatic carbocycles. The monoisotopic (exact) mass is 362 g/mol. The van der Waals surface area contributed by atoms with Gasteiger partial charge in [0.15, 0.2) is 0 Å². The molecular formula is C15H8BrFN2O3. The lowest BCUT2D eigenvalue weighted by atomic mass is 10.1. The Balaban J connectivity index is 2.00. The minimum absolute atomic E-state index is 0.103. The smallest absolute Gasteiger partial charge is 0.335 e. The summed E-state index contributed by atoms with van der Waals surface area (Å²) in [5, 5.41) is 12.9. The quantitative estimate of drug-likeness (QED) is 0.761. The highest BCUT2D eigenvalue weighted by Crippen LogP contribution is 2.26. The molecule has 0 aliphatic heterocycles. The Bertz CT molecular complexity index is 846. The van der Waals surface area contributed by atoms with Crippen molar-refractivity contribution in [3.63, 3.8) is 0 Å². The number of benzene rings is 2. The van der Waals surface area contributed by atoms with E-state index in [0.29, 0.717) is 21.4 Å². The fourth-order valence-corrected chi connectivity index (χ4v) is 2.39. The van der Waals surface area contributed by atoms with Gasteiger partial charge >= 0.3 is 5.97 Å². The van der Waals surface area contributed by atoms with E-state index in [1.165, 1.54) is 36.4 Å². The van der Waals surface area contributed by atoms with Crippen molar-refractivity contribution >= 4 is 21.9 Å². The molecule has 3 rings (SSSR count). The number of aromatic carboxylic acids is 1. The van der Waals surface area contributed by atoms with Gasteiger partial charge in [0, 0.05) is 15.6 Å². The summed E-state index contributed by atoms with van der Waals surface area (Å²) in [5.41, 5.74) is 1.18. The fraction of sp³-hybridized carbons (Fsp3) is 0. The zero-order valence-corrected chi connectivity index (χ0v) is 12.5. The predicted molar refractivity (Wildman–Crippen MR) is 79.8 cm³/mol. The molecule has 1 heterocycles. The molecule has 22 heavy (non-hydrogen) atoms. The second kappa shape index (κ2) is 5.69. The SMILES string of the molecule is O=C(O)c1cc(Br)cc(-c2nc(-c3ccc(F)cc3)no2)c1. The summed E-state index contributed by atoms with van der Waals surface area (Å²) < 4.78 is 18.7. The molecule has 0 saturated heterocycles. The van der Waals surface area contributed by atoms with Gasteiger partial charge in [-0.15, -0.1) is 0 Å². The van der Waals surface area contributed by atoms with E-state index < -0.39 is 5.97 Å². The average Bonchev–Trinajstić information content (AvgIpc) is 2.97. The van der Waals surface area contributed by atoms with E-state index in [1.54, 1.807) is 6.07 Å². The maximum absolute atomic E-state index is 12.9. The van der Waals surface area contributed by atoms with Crippen molar-refractivity contribution < 1.29 is 18.8 Å². The van der Waals surface area contributed by atoms with Crippen LogP contribution in [0.5, 0.6) is 0 Å². The van der Waals surface area contributed by atoms with Crippen LogP contribution in [0.3, 0.4) is 0 Å². The van der Waals surface area contributed by atoms with Gasteiger partial charge in [-0.25, -0.2) is 9.18 Å². The van der Waals surface area contributed by atoms with Gasteiger partial charge in [-0.1, -0.05) is 21.1 Å². The second-order valence-electron chi connectivity index (χ2n) is 4.46. The first-order chi connectivity index (χ1) is 10.5. The molecule has 0 spiro atoms. The van der Waals surface area contributed by atoms with Gasteiger partial charge in [-0.3, -0.25) is 0 Å². The number of halogens is 2. The van der Waals surface area contributed by atoms with Crippen molar-refractivity contribution in [1.29, 1.82) is 0 Å². The standard InChI is InChI=1S/C15H8BrFN2O3/c16-11-6-9(5-10(7-11)15(20)21)14-18-13(19-22-14)8-1-3-12(17)4-2-8/h1-7H,(H,20,21). The summed E-state index contributed by atoms with van der Waals surface area (Å²) in [6, 6.07) is 10.3. The molecule has 7 heteroatoms. The number of carboxylic acids is 1. The zero-order valence-electron chi connectivity index (χ0n) is 11.0. The van der Waals surface area contributed by atoms with E-state index in [1.807, 2.05) is 0 Å². The van der Waals surface area contributed by atoms with Gasteiger partial charge in [0.2, 0.25) is 5.82 Å². The van der Waals surface area contributed by atoms with Gasteiger partial charge in [-0.05, 0) is 42.5 Å². The molecule has 5 nitrogen and oxygen atoms in total. The Morgan fingerprint density at radius 3 is 2.55 bits per heavy atom. The van der Waals surface area contributed by atoms with E-state index in [2.05, 4.69) is 26.1 Å². The summed E-state index contributed by atoms with van der Waals surface area (Å²) in [7, 11) is 0. The number of hydrogen-bond acceptors (Lipinski definition) is 4. The normalized spacial score (nSPS) is 10.6. The van der Waals surface area contributed by atoms with Crippen LogP contribution in [0.25, 0.3) is 22.8 Å². The van der Waals surface area contributed by atoms with E-state index in [0.717, 1.165) is 0 Å². The number of hydrogen-bond donors (Lipinski definition) is 1. The second-order valence-corrected chi connectivity index (χ2v) is 5.38.